The summed E-state index contributed by atoms with van der Waals surface area (Å²) in [5, 5.41) is 9.76. The van der Waals surface area contributed by atoms with Crippen LogP contribution in [0.2, 0.25) is 0 Å². The van der Waals surface area contributed by atoms with Gasteiger partial charge in [0.2, 0.25) is 0 Å². The second kappa shape index (κ2) is 3.56. The van der Waals surface area contributed by atoms with Gasteiger partial charge in [0.1, 0.15) is 5.67 Å². The number of hydrogen-bond donors (Lipinski definition) is 1. The molecule has 0 radical (unpaired) electrons. The summed E-state index contributed by atoms with van der Waals surface area (Å²) in [4.78, 5) is 0. The molecule has 1 rings (SSSR count). The molecule has 0 aromatic heterocycles. The highest BCUT2D eigenvalue weighted by atomic mass is 19.1. The van der Waals surface area contributed by atoms with Crippen LogP contribution in [-0.2, 0) is 0 Å². The zero-order chi connectivity index (χ0) is 10.1. The van der Waals surface area contributed by atoms with E-state index < -0.39 is 11.3 Å². The standard InChI is InChI=1S/C11H21FO/c1-4-11(12)7-5-9(6-8-11)10(2,3)13/h9,13H,4-8H2,1-3H3. The molecule has 0 bridgehead atoms. The molecule has 0 heterocycles. The number of alkyl halides is 1. The van der Waals surface area contributed by atoms with Gasteiger partial charge in [-0.3, -0.25) is 0 Å². The van der Waals surface area contributed by atoms with Crippen LogP contribution in [0, 0.1) is 5.92 Å². The third-order valence-corrected chi connectivity index (χ3v) is 3.51. The van der Waals surface area contributed by atoms with E-state index in [0.717, 1.165) is 12.8 Å². The van der Waals surface area contributed by atoms with E-state index in [0.29, 0.717) is 19.3 Å². The van der Waals surface area contributed by atoms with Crippen LogP contribution in [0.3, 0.4) is 0 Å². The van der Waals surface area contributed by atoms with Crippen LogP contribution in [-0.4, -0.2) is 16.4 Å². The van der Waals surface area contributed by atoms with Crippen molar-refractivity contribution in [3.63, 3.8) is 0 Å². The molecule has 1 saturated carbocycles. The summed E-state index contributed by atoms with van der Waals surface area (Å²) in [6.45, 7) is 5.56. The van der Waals surface area contributed by atoms with Crippen molar-refractivity contribution in [3.8, 4) is 0 Å². The highest BCUT2D eigenvalue weighted by molar-refractivity contribution is 4.89. The van der Waals surface area contributed by atoms with E-state index in [1.165, 1.54) is 0 Å². The van der Waals surface area contributed by atoms with Crippen molar-refractivity contribution >= 4 is 0 Å². The van der Waals surface area contributed by atoms with Crippen LogP contribution in [0.25, 0.3) is 0 Å². The molecule has 78 valence electrons. The average Bonchev–Trinajstić information content (AvgIpc) is 2.04. The lowest BCUT2D eigenvalue weighted by Crippen LogP contribution is -2.38. The van der Waals surface area contributed by atoms with Crippen LogP contribution < -0.4 is 0 Å². The van der Waals surface area contributed by atoms with Crippen molar-refractivity contribution in [3.05, 3.63) is 0 Å². The summed E-state index contributed by atoms with van der Waals surface area (Å²) < 4.78 is 13.8. The Kier molecular flexibility index (Phi) is 3.01. The molecule has 0 spiro atoms. The fourth-order valence-electron chi connectivity index (χ4n) is 2.20. The number of aliphatic hydroxyl groups is 1. The zero-order valence-corrected chi connectivity index (χ0v) is 8.94. The van der Waals surface area contributed by atoms with Crippen molar-refractivity contribution in [1.82, 2.24) is 0 Å². The first-order valence-corrected chi connectivity index (χ1v) is 5.29. The summed E-state index contributed by atoms with van der Waals surface area (Å²) in [5.41, 5.74) is -1.57. The summed E-state index contributed by atoms with van der Waals surface area (Å²) in [5.74, 6) is 0.280. The van der Waals surface area contributed by atoms with Crippen molar-refractivity contribution in [2.24, 2.45) is 5.92 Å². The van der Waals surface area contributed by atoms with Crippen molar-refractivity contribution in [2.75, 3.05) is 0 Å². The molecule has 1 aliphatic rings. The van der Waals surface area contributed by atoms with E-state index >= 15 is 0 Å². The van der Waals surface area contributed by atoms with Gasteiger partial charge in [-0.2, -0.15) is 0 Å². The number of rotatable bonds is 2. The molecule has 0 saturated heterocycles. The third-order valence-electron chi connectivity index (χ3n) is 3.51. The molecule has 1 nitrogen and oxygen atoms in total. The van der Waals surface area contributed by atoms with Crippen LogP contribution in [0.5, 0.6) is 0 Å². The molecule has 1 fully saturated rings. The lowest BCUT2D eigenvalue weighted by atomic mass is 9.73. The number of halogens is 1. The van der Waals surface area contributed by atoms with Gasteiger partial charge in [-0.05, 0) is 51.9 Å². The molecule has 1 aliphatic carbocycles. The first-order valence-electron chi connectivity index (χ1n) is 5.29. The van der Waals surface area contributed by atoms with E-state index in [2.05, 4.69) is 0 Å². The van der Waals surface area contributed by atoms with Gasteiger partial charge in [0.15, 0.2) is 0 Å². The van der Waals surface area contributed by atoms with Gasteiger partial charge in [-0.1, -0.05) is 6.92 Å². The molecule has 13 heavy (non-hydrogen) atoms. The Morgan fingerprint density at radius 3 is 2.15 bits per heavy atom. The maximum Gasteiger partial charge on any atom is 0.110 e. The minimum absolute atomic E-state index is 0.280. The minimum atomic E-state index is -0.943. The maximum atomic E-state index is 13.8. The predicted molar refractivity (Wildman–Crippen MR) is 52.4 cm³/mol. The summed E-state index contributed by atoms with van der Waals surface area (Å²) in [6.07, 6.45) is 3.52. The maximum absolute atomic E-state index is 13.8. The lowest BCUT2D eigenvalue weighted by Gasteiger charge is -2.38. The van der Waals surface area contributed by atoms with Gasteiger partial charge in [-0.15, -0.1) is 0 Å². The van der Waals surface area contributed by atoms with Crippen LogP contribution in [0.4, 0.5) is 4.39 Å². The van der Waals surface area contributed by atoms with Crippen LogP contribution in [0.1, 0.15) is 52.9 Å². The minimum Gasteiger partial charge on any atom is -0.390 e. The summed E-state index contributed by atoms with van der Waals surface area (Å²) in [7, 11) is 0. The van der Waals surface area contributed by atoms with Crippen LogP contribution in [0.15, 0.2) is 0 Å². The highest BCUT2D eigenvalue weighted by Gasteiger charge is 2.38. The van der Waals surface area contributed by atoms with Gasteiger partial charge < -0.3 is 5.11 Å². The lowest BCUT2D eigenvalue weighted by molar-refractivity contribution is -0.0292. The second-order valence-electron chi connectivity index (χ2n) is 4.93. The Morgan fingerprint density at radius 1 is 1.38 bits per heavy atom. The van der Waals surface area contributed by atoms with E-state index in [1.54, 1.807) is 0 Å². The first-order chi connectivity index (χ1) is 5.87. The normalized spacial score (nSPS) is 36.2. The zero-order valence-electron chi connectivity index (χ0n) is 8.94. The Morgan fingerprint density at radius 2 is 1.85 bits per heavy atom. The Balaban J connectivity index is 2.48. The number of hydrogen-bond acceptors (Lipinski definition) is 1. The fourth-order valence-corrected chi connectivity index (χ4v) is 2.20. The van der Waals surface area contributed by atoms with Gasteiger partial charge in [0, 0.05) is 0 Å². The molecule has 0 aliphatic heterocycles. The molecular weight excluding hydrogens is 167 g/mol. The molecule has 0 unspecified atom stereocenters. The molecular formula is C11H21FO. The van der Waals surface area contributed by atoms with Crippen molar-refractivity contribution in [1.29, 1.82) is 0 Å². The Labute approximate surface area is 80.3 Å². The van der Waals surface area contributed by atoms with Gasteiger partial charge in [0.25, 0.3) is 0 Å². The molecule has 1 N–H and O–H groups in total. The predicted octanol–water partition coefficient (Wildman–Crippen LogP) is 3.07. The van der Waals surface area contributed by atoms with Gasteiger partial charge in [-0.25, -0.2) is 4.39 Å². The topological polar surface area (TPSA) is 20.2 Å². The van der Waals surface area contributed by atoms with E-state index in [-0.39, 0.29) is 5.92 Å². The average molecular weight is 188 g/mol. The van der Waals surface area contributed by atoms with Crippen molar-refractivity contribution < 1.29 is 9.50 Å². The fraction of sp³-hybridized carbons (Fsp3) is 1.00. The third kappa shape index (κ3) is 2.67. The SMILES string of the molecule is CCC1(F)CCC(C(C)(C)O)CC1. The second-order valence-corrected chi connectivity index (χ2v) is 4.93. The Bertz CT molecular complexity index is 163. The summed E-state index contributed by atoms with van der Waals surface area (Å²) >= 11 is 0. The van der Waals surface area contributed by atoms with E-state index in [9.17, 15) is 9.50 Å². The quantitative estimate of drug-likeness (QED) is 0.706. The molecule has 0 amide bonds. The highest BCUT2D eigenvalue weighted by Crippen LogP contribution is 2.41. The monoisotopic (exact) mass is 188 g/mol. The summed E-state index contributed by atoms with van der Waals surface area (Å²) in [6, 6.07) is 0. The van der Waals surface area contributed by atoms with Gasteiger partial charge >= 0.3 is 0 Å². The molecule has 0 aromatic carbocycles. The van der Waals surface area contributed by atoms with E-state index in [4.69, 9.17) is 0 Å². The van der Waals surface area contributed by atoms with Crippen LogP contribution >= 0.6 is 0 Å². The Hall–Kier alpha value is -0.110. The smallest absolute Gasteiger partial charge is 0.110 e. The largest absolute Gasteiger partial charge is 0.390 e. The van der Waals surface area contributed by atoms with Gasteiger partial charge in [0.05, 0.1) is 5.60 Å². The van der Waals surface area contributed by atoms with E-state index in [1.807, 2.05) is 20.8 Å². The molecule has 0 aromatic rings. The van der Waals surface area contributed by atoms with Crippen molar-refractivity contribution in [2.45, 2.75) is 64.1 Å². The molecule has 2 heteroatoms. The molecule has 0 atom stereocenters. The first kappa shape index (κ1) is 11.0.